The van der Waals surface area contributed by atoms with E-state index in [1.54, 1.807) is 14.2 Å². The van der Waals surface area contributed by atoms with Crippen LogP contribution in [-0.2, 0) is 21.4 Å². The van der Waals surface area contributed by atoms with Crippen LogP contribution in [0.4, 0.5) is 0 Å². The normalized spacial score (nSPS) is 42.6. The summed E-state index contributed by atoms with van der Waals surface area (Å²) < 4.78 is 18.5. The highest BCUT2D eigenvalue weighted by molar-refractivity contribution is 5.76. The van der Waals surface area contributed by atoms with Crippen molar-refractivity contribution in [3.8, 4) is 11.5 Å². The van der Waals surface area contributed by atoms with Gasteiger partial charge >= 0.3 is 5.97 Å². The molecule has 31 heavy (non-hydrogen) atoms. The zero-order valence-electron chi connectivity index (χ0n) is 17.9. The molecule has 3 unspecified atom stereocenters. The molecular weight excluding hydrogens is 394 g/mol. The highest BCUT2D eigenvalue weighted by Gasteiger charge is 2.80. The first kappa shape index (κ1) is 18.3. The largest absolute Gasteiger partial charge is 0.493 e. The monoisotopic (exact) mass is 421 g/mol. The van der Waals surface area contributed by atoms with Crippen molar-refractivity contribution < 1.29 is 24.1 Å². The average Bonchev–Trinajstić information content (AvgIpc) is 3.52. The van der Waals surface area contributed by atoms with Crippen LogP contribution in [0.5, 0.6) is 11.5 Å². The first-order chi connectivity index (χ1) is 15.0. The topological polar surface area (TPSA) is 68.2 Å². The molecule has 5 aliphatic carbocycles. The molecule has 1 aromatic rings. The number of allylic oxidation sites excluding steroid dienone is 1. The van der Waals surface area contributed by atoms with Crippen molar-refractivity contribution in [3.05, 3.63) is 47.1 Å². The van der Waals surface area contributed by atoms with Gasteiger partial charge in [0.2, 0.25) is 0 Å². The fraction of sp³-hybridized carbons (Fsp3) is 0.560. The lowest BCUT2D eigenvalue weighted by Gasteiger charge is -2.70. The SMILES string of the molecule is COc1ccc2c3c1OC1[C@@]4(OC)C=CC5(C[C@@H]4C(=O)O)C(C2)N(CC2=CC2)CC[C@]315. The zero-order chi connectivity index (χ0) is 21.2. The molecule has 2 fully saturated rings. The fourth-order valence-corrected chi connectivity index (χ4v) is 8.01. The molecule has 7 aliphatic rings. The Balaban J connectivity index is 1.52. The van der Waals surface area contributed by atoms with Gasteiger partial charge in [0.1, 0.15) is 11.7 Å². The average molecular weight is 421 g/mol. The Morgan fingerprint density at radius 1 is 1.32 bits per heavy atom. The maximum atomic E-state index is 12.5. The Bertz CT molecular complexity index is 1090. The number of hydrogen-bond donors (Lipinski definition) is 1. The van der Waals surface area contributed by atoms with Crippen LogP contribution in [0.2, 0.25) is 0 Å². The van der Waals surface area contributed by atoms with E-state index < -0.39 is 17.5 Å². The third-order valence-electron chi connectivity index (χ3n) is 9.32. The van der Waals surface area contributed by atoms with Crippen LogP contribution < -0.4 is 9.47 Å². The van der Waals surface area contributed by atoms with Crippen molar-refractivity contribution in [2.75, 3.05) is 27.3 Å². The van der Waals surface area contributed by atoms with Crippen molar-refractivity contribution in [2.24, 2.45) is 11.3 Å². The van der Waals surface area contributed by atoms with Crippen molar-refractivity contribution in [1.29, 1.82) is 0 Å². The lowest BCUT2D eigenvalue weighted by atomic mass is 9.37. The summed E-state index contributed by atoms with van der Waals surface area (Å²) in [5.74, 6) is 0.110. The molecule has 1 saturated carbocycles. The molecule has 1 saturated heterocycles. The molecular formula is C25H27NO5. The maximum Gasteiger partial charge on any atom is 0.309 e. The van der Waals surface area contributed by atoms with Crippen LogP contribution in [0, 0.1) is 11.3 Å². The number of ether oxygens (including phenoxy) is 3. The number of benzene rings is 1. The van der Waals surface area contributed by atoms with Crippen molar-refractivity contribution in [3.63, 3.8) is 0 Å². The Labute approximate surface area is 181 Å². The van der Waals surface area contributed by atoms with E-state index in [1.807, 2.05) is 12.1 Å². The third-order valence-corrected chi connectivity index (χ3v) is 9.32. The maximum absolute atomic E-state index is 12.5. The Hall–Kier alpha value is -2.31. The second-order valence-electron chi connectivity index (χ2n) is 10.1. The number of piperidine rings is 1. The number of methoxy groups -OCH3 is 2. The van der Waals surface area contributed by atoms with E-state index >= 15 is 0 Å². The van der Waals surface area contributed by atoms with Gasteiger partial charge in [-0.1, -0.05) is 29.9 Å². The molecule has 162 valence electrons. The number of aliphatic carboxylic acids is 1. The van der Waals surface area contributed by atoms with E-state index in [9.17, 15) is 9.90 Å². The van der Waals surface area contributed by atoms with E-state index in [0.29, 0.717) is 6.42 Å². The van der Waals surface area contributed by atoms with Gasteiger partial charge in [0.15, 0.2) is 11.5 Å². The molecule has 2 aliphatic heterocycles. The number of carboxylic acid groups (broad SMARTS) is 1. The third kappa shape index (κ3) is 1.84. The van der Waals surface area contributed by atoms with E-state index in [1.165, 1.54) is 16.7 Å². The highest BCUT2D eigenvalue weighted by Crippen LogP contribution is 2.74. The Morgan fingerprint density at radius 3 is 2.87 bits per heavy atom. The van der Waals surface area contributed by atoms with Crippen LogP contribution in [0.15, 0.2) is 35.9 Å². The van der Waals surface area contributed by atoms with Crippen LogP contribution in [0.1, 0.15) is 30.4 Å². The first-order valence-electron chi connectivity index (χ1n) is 11.3. The summed E-state index contributed by atoms with van der Waals surface area (Å²) in [5, 5.41) is 10.3. The molecule has 0 amide bonds. The summed E-state index contributed by atoms with van der Waals surface area (Å²) in [4.78, 5) is 15.1. The molecule has 6 heteroatoms. The minimum atomic E-state index is -0.974. The summed E-state index contributed by atoms with van der Waals surface area (Å²) in [6.07, 6.45) is 9.86. The van der Waals surface area contributed by atoms with Crippen molar-refractivity contribution in [1.82, 2.24) is 4.90 Å². The zero-order valence-corrected chi connectivity index (χ0v) is 17.9. The number of nitrogens with zero attached hydrogens (tertiary/aromatic N) is 1. The van der Waals surface area contributed by atoms with Gasteiger partial charge in [-0.25, -0.2) is 0 Å². The molecule has 6 nitrogen and oxygen atoms in total. The van der Waals surface area contributed by atoms with E-state index in [2.05, 4.69) is 23.1 Å². The lowest BCUT2D eigenvalue weighted by molar-refractivity contribution is -0.220. The smallest absolute Gasteiger partial charge is 0.309 e. The van der Waals surface area contributed by atoms with Gasteiger partial charge in [-0.15, -0.1) is 0 Å². The second kappa shape index (κ2) is 5.54. The minimum Gasteiger partial charge on any atom is -0.493 e. The van der Waals surface area contributed by atoms with Gasteiger partial charge in [-0.2, -0.15) is 0 Å². The fourth-order valence-electron chi connectivity index (χ4n) is 8.01. The number of likely N-dealkylation sites (tertiary alicyclic amines) is 1. The van der Waals surface area contributed by atoms with Crippen LogP contribution in [-0.4, -0.2) is 61.0 Å². The summed E-state index contributed by atoms with van der Waals surface area (Å²) in [6, 6.07) is 4.46. The quantitative estimate of drug-likeness (QED) is 0.738. The van der Waals surface area contributed by atoms with Gasteiger partial charge in [0.25, 0.3) is 0 Å². The summed E-state index contributed by atoms with van der Waals surface area (Å²) in [5.41, 5.74) is 2.55. The van der Waals surface area contributed by atoms with Crippen molar-refractivity contribution >= 4 is 5.97 Å². The van der Waals surface area contributed by atoms with Gasteiger partial charge in [-0.3, -0.25) is 9.69 Å². The van der Waals surface area contributed by atoms with Gasteiger partial charge in [0.05, 0.1) is 18.4 Å². The minimum absolute atomic E-state index is 0.258. The number of hydrogen-bond acceptors (Lipinski definition) is 5. The second-order valence-corrected chi connectivity index (χ2v) is 10.1. The molecule has 0 radical (unpaired) electrons. The number of fused-ring (bicyclic) bond motifs is 1. The summed E-state index contributed by atoms with van der Waals surface area (Å²) >= 11 is 0. The summed E-state index contributed by atoms with van der Waals surface area (Å²) in [7, 11) is 3.31. The number of rotatable bonds is 5. The van der Waals surface area contributed by atoms with Gasteiger partial charge in [0, 0.05) is 30.7 Å². The standard InChI is InChI=1S/C25H27NO5/c1-29-17-6-5-15-11-18-23-7-8-25(30-2,16(12-23)21(27)28)22-24(23,19(15)20(17)31-22)9-10-26(18)13-14-3-4-14/h3,5-8,16,18,22H,4,9-13H2,1-2H3,(H,27,28)/t16-,18?,22?,23?,24+,25-/m1/s1. The molecule has 8 rings (SSSR count). The van der Waals surface area contributed by atoms with Crippen molar-refractivity contribution in [2.45, 2.75) is 48.8 Å². The Morgan fingerprint density at radius 2 is 2.16 bits per heavy atom. The van der Waals surface area contributed by atoms with E-state index in [4.69, 9.17) is 14.2 Å². The molecule has 4 bridgehead atoms. The van der Waals surface area contributed by atoms with Crippen LogP contribution in [0.25, 0.3) is 0 Å². The van der Waals surface area contributed by atoms with E-state index in [-0.39, 0.29) is 23.0 Å². The predicted molar refractivity (Wildman–Crippen MR) is 113 cm³/mol. The predicted octanol–water partition coefficient (Wildman–Crippen LogP) is 2.70. The van der Waals surface area contributed by atoms with Crippen LogP contribution >= 0.6 is 0 Å². The molecule has 1 N–H and O–H groups in total. The van der Waals surface area contributed by atoms with Crippen LogP contribution in [0.3, 0.4) is 0 Å². The first-order valence-corrected chi connectivity index (χ1v) is 11.3. The molecule has 2 spiro atoms. The van der Waals surface area contributed by atoms with E-state index in [0.717, 1.165) is 43.9 Å². The molecule has 2 heterocycles. The molecule has 1 aromatic carbocycles. The molecule has 0 aromatic heterocycles. The van der Waals surface area contributed by atoms with Gasteiger partial charge in [-0.05, 0) is 43.9 Å². The van der Waals surface area contributed by atoms with Gasteiger partial charge < -0.3 is 19.3 Å². The lowest BCUT2D eigenvalue weighted by Crippen LogP contribution is -2.79. The number of carboxylic acids is 1. The Kier molecular flexibility index (Phi) is 3.26. The number of carbonyl (C=O) groups is 1. The molecule has 6 atom stereocenters. The highest BCUT2D eigenvalue weighted by atomic mass is 16.6. The summed E-state index contributed by atoms with van der Waals surface area (Å²) in [6.45, 7) is 1.98.